The van der Waals surface area contributed by atoms with Crippen LogP contribution in [-0.2, 0) is 0 Å². The molecule has 0 aliphatic heterocycles. The van der Waals surface area contributed by atoms with Gasteiger partial charge in [0.1, 0.15) is 0 Å². The van der Waals surface area contributed by atoms with Crippen LogP contribution in [0.1, 0.15) is 18.6 Å². The maximum atomic E-state index is 9.20. The molecule has 0 aliphatic carbocycles. The molecule has 0 spiro atoms. The zero-order valence-corrected chi connectivity index (χ0v) is 8.29. The second kappa shape index (κ2) is 5.21. The first-order chi connectivity index (χ1) is 6.24. The summed E-state index contributed by atoms with van der Waals surface area (Å²) >= 11 is 1.50. The van der Waals surface area contributed by atoms with E-state index in [1.54, 1.807) is 13.1 Å². The number of aromatic nitrogens is 1. The minimum Gasteiger partial charge on any atom is -0.396 e. The molecule has 1 unspecified atom stereocenters. The zero-order chi connectivity index (χ0) is 9.68. The Morgan fingerprint density at radius 3 is 2.77 bits per heavy atom. The fraction of sp³-hybridized carbons (Fsp3) is 0.444. The highest BCUT2D eigenvalue weighted by Gasteiger charge is 2.00. The van der Waals surface area contributed by atoms with Gasteiger partial charge < -0.3 is 10.2 Å². The average molecular weight is 199 g/mol. The molecule has 3 nitrogen and oxygen atoms in total. The molecule has 13 heavy (non-hydrogen) atoms. The largest absolute Gasteiger partial charge is 0.396 e. The Balaban J connectivity index is 2.59. The molecule has 1 aromatic heterocycles. The van der Waals surface area contributed by atoms with E-state index in [9.17, 15) is 5.11 Å². The number of hydrogen-bond donors (Lipinski definition) is 2. The number of pyridine rings is 1. The molecular weight excluding hydrogens is 186 g/mol. The highest BCUT2D eigenvalue weighted by atomic mass is 32.2. The Morgan fingerprint density at radius 2 is 2.31 bits per heavy atom. The molecule has 1 rings (SSSR count). The molecule has 1 atom stereocenters. The van der Waals surface area contributed by atoms with Crippen LogP contribution in [0.15, 0.2) is 23.4 Å². The molecule has 1 heterocycles. The van der Waals surface area contributed by atoms with Gasteiger partial charge in [-0.1, -0.05) is 6.07 Å². The lowest BCUT2D eigenvalue weighted by Gasteiger charge is -2.04. The quantitative estimate of drug-likeness (QED) is 0.716. The number of hydrogen-bond acceptors (Lipinski definition) is 4. The van der Waals surface area contributed by atoms with E-state index in [0.29, 0.717) is 5.75 Å². The summed E-state index contributed by atoms with van der Waals surface area (Å²) in [4.78, 5) is 4.13. The van der Waals surface area contributed by atoms with Gasteiger partial charge in [-0.2, -0.15) is 0 Å². The number of nitrogens with zero attached hydrogens (tertiary/aromatic N) is 1. The molecule has 4 heteroatoms. The Hall–Kier alpha value is -0.580. The standard InChI is InChI=1S/C9H13NO2S/c1-7(12)8-2-3-9(10-6-8)13-5-4-11/h2-3,6-7,11-12H,4-5H2,1H3. The van der Waals surface area contributed by atoms with Gasteiger partial charge in [0.05, 0.1) is 17.7 Å². The van der Waals surface area contributed by atoms with E-state index in [1.807, 2.05) is 12.1 Å². The van der Waals surface area contributed by atoms with Crippen molar-refractivity contribution in [3.8, 4) is 0 Å². The van der Waals surface area contributed by atoms with E-state index >= 15 is 0 Å². The lowest BCUT2D eigenvalue weighted by atomic mass is 10.2. The van der Waals surface area contributed by atoms with Crippen molar-refractivity contribution in [1.29, 1.82) is 0 Å². The van der Waals surface area contributed by atoms with E-state index < -0.39 is 6.10 Å². The van der Waals surface area contributed by atoms with Crippen LogP contribution in [0.3, 0.4) is 0 Å². The maximum Gasteiger partial charge on any atom is 0.0960 e. The Bertz CT molecular complexity index is 248. The molecule has 0 fully saturated rings. The van der Waals surface area contributed by atoms with Crippen molar-refractivity contribution in [2.24, 2.45) is 0 Å². The Kier molecular flexibility index (Phi) is 4.21. The van der Waals surface area contributed by atoms with Crippen molar-refractivity contribution >= 4 is 11.8 Å². The smallest absolute Gasteiger partial charge is 0.0960 e. The minimum absolute atomic E-state index is 0.157. The van der Waals surface area contributed by atoms with Crippen LogP contribution in [0.2, 0.25) is 0 Å². The van der Waals surface area contributed by atoms with E-state index in [2.05, 4.69) is 4.98 Å². The molecule has 72 valence electrons. The molecule has 0 amide bonds. The predicted octanol–water partition coefficient (Wildman–Crippen LogP) is 1.22. The van der Waals surface area contributed by atoms with Gasteiger partial charge in [-0.15, -0.1) is 11.8 Å². The van der Waals surface area contributed by atoms with Crippen LogP contribution in [0.25, 0.3) is 0 Å². The van der Waals surface area contributed by atoms with Crippen molar-refractivity contribution in [2.45, 2.75) is 18.1 Å². The fourth-order valence-electron chi connectivity index (χ4n) is 0.874. The van der Waals surface area contributed by atoms with Gasteiger partial charge in [-0.05, 0) is 18.6 Å². The Morgan fingerprint density at radius 1 is 1.54 bits per heavy atom. The molecule has 0 radical (unpaired) electrons. The van der Waals surface area contributed by atoms with Gasteiger partial charge >= 0.3 is 0 Å². The molecule has 0 aliphatic rings. The average Bonchev–Trinajstić information content (AvgIpc) is 2.15. The summed E-state index contributed by atoms with van der Waals surface area (Å²) < 4.78 is 0. The van der Waals surface area contributed by atoms with E-state index in [1.165, 1.54) is 11.8 Å². The first kappa shape index (κ1) is 10.5. The van der Waals surface area contributed by atoms with Gasteiger partial charge in [0.2, 0.25) is 0 Å². The molecule has 0 aromatic carbocycles. The second-order valence-corrected chi connectivity index (χ2v) is 3.79. The van der Waals surface area contributed by atoms with Crippen molar-refractivity contribution in [2.75, 3.05) is 12.4 Å². The zero-order valence-electron chi connectivity index (χ0n) is 7.47. The summed E-state index contributed by atoms with van der Waals surface area (Å²) in [6.45, 7) is 1.86. The third-order valence-corrected chi connectivity index (χ3v) is 2.51. The van der Waals surface area contributed by atoms with Gasteiger partial charge in [0.25, 0.3) is 0 Å². The topological polar surface area (TPSA) is 53.4 Å². The van der Waals surface area contributed by atoms with Crippen molar-refractivity contribution in [1.82, 2.24) is 4.98 Å². The van der Waals surface area contributed by atoms with Crippen molar-refractivity contribution < 1.29 is 10.2 Å². The molecule has 1 aromatic rings. The fourth-order valence-corrected chi connectivity index (χ4v) is 1.47. The lowest BCUT2D eigenvalue weighted by molar-refractivity contribution is 0.198. The normalized spacial score (nSPS) is 12.8. The van der Waals surface area contributed by atoms with Gasteiger partial charge in [0.15, 0.2) is 0 Å². The van der Waals surface area contributed by atoms with Crippen LogP contribution in [0.5, 0.6) is 0 Å². The summed E-state index contributed by atoms with van der Waals surface area (Å²) in [5.74, 6) is 0.654. The van der Waals surface area contributed by atoms with Gasteiger partial charge in [-0.3, -0.25) is 0 Å². The second-order valence-electron chi connectivity index (χ2n) is 2.68. The highest BCUT2D eigenvalue weighted by molar-refractivity contribution is 7.99. The third-order valence-electron chi connectivity index (χ3n) is 1.58. The summed E-state index contributed by atoms with van der Waals surface area (Å²) in [6.07, 6.45) is 1.19. The molecule has 0 saturated carbocycles. The monoisotopic (exact) mass is 199 g/mol. The molecule has 2 N–H and O–H groups in total. The van der Waals surface area contributed by atoms with Crippen LogP contribution < -0.4 is 0 Å². The van der Waals surface area contributed by atoms with Gasteiger partial charge in [0, 0.05) is 11.9 Å². The van der Waals surface area contributed by atoms with Crippen LogP contribution >= 0.6 is 11.8 Å². The van der Waals surface area contributed by atoms with Crippen LogP contribution in [0.4, 0.5) is 0 Å². The van der Waals surface area contributed by atoms with Crippen LogP contribution in [-0.4, -0.2) is 27.6 Å². The molecule has 0 saturated heterocycles. The molecule has 0 bridgehead atoms. The van der Waals surface area contributed by atoms with Crippen molar-refractivity contribution in [3.63, 3.8) is 0 Å². The third kappa shape index (κ3) is 3.34. The number of aliphatic hydroxyl groups is 2. The number of thioether (sulfide) groups is 1. The number of aliphatic hydroxyl groups excluding tert-OH is 2. The Labute approximate surface area is 81.8 Å². The first-order valence-corrected chi connectivity index (χ1v) is 5.10. The number of rotatable bonds is 4. The summed E-state index contributed by atoms with van der Waals surface area (Å²) in [7, 11) is 0. The predicted molar refractivity (Wildman–Crippen MR) is 52.7 cm³/mol. The maximum absolute atomic E-state index is 9.20. The SMILES string of the molecule is CC(O)c1ccc(SCCO)nc1. The summed E-state index contributed by atoms with van der Waals surface area (Å²) in [6, 6.07) is 3.69. The van der Waals surface area contributed by atoms with Crippen molar-refractivity contribution in [3.05, 3.63) is 23.9 Å². The first-order valence-electron chi connectivity index (χ1n) is 4.11. The highest BCUT2D eigenvalue weighted by Crippen LogP contribution is 2.17. The van der Waals surface area contributed by atoms with Crippen LogP contribution in [0, 0.1) is 0 Å². The van der Waals surface area contributed by atoms with Gasteiger partial charge in [-0.25, -0.2) is 4.98 Å². The molecular formula is C9H13NO2S. The van der Waals surface area contributed by atoms with E-state index in [4.69, 9.17) is 5.11 Å². The minimum atomic E-state index is -0.468. The lowest BCUT2D eigenvalue weighted by Crippen LogP contribution is -1.93. The summed E-state index contributed by atoms with van der Waals surface area (Å²) in [5, 5.41) is 18.7. The summed E-state index contributed by atoms with van der Waals surface area (Å²) in [5.41, 5.74) is 0.813. The van der Waals surface area contributed by atoms with E-state index in [0.717, 1.165) is 10.6 Å². The van der Waals surface area contributed by atoms with E-state index in [-0.39, 0.29) is 6.61 Å².